The van der Waals surface area contributed by atoms with E-state index in [2.05, 4.69) is 20.5 Å². The number of carbonyl (C=O) groups is 1. The van der Waals surface area contributed by atoms with Gasteiger partial charge in [-0.25, -0.2) is 4.39 Å². The van der Waals surface area contributed by atoms with Crippen LogP contribution < -0.4 is 10.2 Å². The number of likely N-dealkylation sites (N-methyl/N-ethyl adjacent to an activating group) is 1. The lowest BCUT2D eigenvalue weighted by atomic mass is 10.0. The molecule has 1 aromatic heterocycles. The molecule has 1 aliphatic heterocycles. The number of nitrogens with one attached hydrogen (secondary N) is 2. The predicted octanol–water partition coefficient (Wildman–Crippen LogP) is 1.90. The molecule has 0 aliphatic carbocycles. The summed E-state index contributed by atoms with van der Waals surface area (Å²) in [6.07, 6.45) is -2.25. The van der Waals surface area contributed by atoms with Gasteiger partial charge in [-0.2, -0.15) is 0 Å². The first-order valence-electron chi connectivity index (χ1n) is 9.42. The van der Waals surface area contributed by atoms with Gasteiger partial charge in [0.25, 0.3) is 0 Å². The number of aliphatic hydroxyl groups is 1. The highest BCUT2D eigenvalue weighted by atomic mass is 19.1. The van der Waals surface area contributed by atoms with Gasteiger partial charge in [0, 0.05) is 25.6 Å². The number of fused-ring (bicyclic) bond motifs is 1. The number of rotatable bonds is 5. The molecule has 0 saturated heterocycles. The van der Waals surface area contributed by atoms with Crippen LogP contribution in [0.2, 0.25) is 0 Å². The maximum Gasteiger partial charge on any atom is 0.246 e. The fraction of sp³-hybridized carbons (Fsp3) is 0.286. The Kier molecular flexibility index (Phi) is 5.37. The van der Waals surface area contributed by atoms with Gasteiger partial charge in [0.2, 0.25) is 5.91 Å². The Labute approximate surface area is 167 Å². The molecule has 1 amide bonds. The zero-order valence-electron chi connectivity index (χ0n) is 15.9. The first-order valence-corrected chi connectivity index (χ1v) is 9.42. The molecule has 7 nitrogen and oxygen atoms in total. The molecule has 8 heteroatoms. The molecule has 2 aromatic carbocycles. The Hall–Kier alpha value is -3.10. The summed E-state index contributed by atoms with van der Waals surface area (Å²) in [5, 5.41) is 21.2. The molecule has 3 atom stereocenters. The highest BCUT2D eigenvalue weighted by molar-refractivity contribution is 5.98. The third-order valence-electron chi connectivity index (χ3n) is 5.09. The zero-order chi connectivity index (χ0) is 20.4. The van der Waals surface area contributed by atoms with Crippen molar-refractivity contribution < 1.29 is 14.3 Å². The molecule has 0 spiro atoms. The largest absolute Gasteiger partial charge is 0.371 e. The lowest BCUT2D eigenvalue weighted by Gasteiger charge is -2.25. The lowest BCUT2D eigenvalue weighted by molar-refractivity contribution is -0.122. The number of para-hydroxylation sites is 1. The molecular weight excluding hydrogens is 373 g/mol. The van der Waals surface area contributed by atoms with Gasteiger partial charge < -0.3 is 15.0 Å². The minimum Gasteiger partial charge on any atom is -0.371 e. The first-order chi connectivity index (χ1) is 14.0. The minimum atomic E-state index is -1.49. The van der Waals surface area contributed by atoms with Crippen molar-refractivity contribution in [1.82, 2.24) is 20.5 Å². The highest BCUT2D eigenvalue weighted by Crippen LogP contribution is 2.28. The molecule has 1 aliphatic rings. The number of halogens is 1. The first kappa shape index (κ1) is 19.2. The SMILES string of the molecule is CN1C(=O)C(NC(O)c2nnc(Cc3ccccc3)[nH]2)[C@@H](F)Cc2ccccc21. The van der Waals surface area contributed by atoms with Crippen molar-refractivity contribution >= 4 is 11.6 Å². The average Bonchev–Trinajstić information content (AvgIpc) is 3.17. The number of nitrogens with zero attached hydrogens (tertiary/aromatic N) is 3. The second kappa shape index (κ2) is 8.10. The molecular formula is C21H22FN5O2. The van der Waals surface area contributed by atoms with Gasteiger partial charge in [0.1, 0.15) is 18.0 Å². The van der Waals surface area contributed by atoms with Crippen molar-refractivity contribution in [3.05, 3.63) is 77.4 Å². The van der Waals surface area contributed by atoms with Gasteiger partial charge >= 0.3 is 0 Å². The fourth-order valence-corrected chi connectivity index (χ4v) is 3.55. The molecule has 29 heavy (non-hydrogen) atoms. The van der Waals surface area contributed by atoms with E-state index in [4.69, 9.17) is 0 Å². The van der Waals surface area contributed by atoms with E-state index in [1.54, 1.807) is 25.2 Å². The number of carbonyl (C=O) groups excluding carboxylic acids is 1. The topological polar surface area (TPSA) is 94.1 Å². The Balaban J connectivity index is 1.48. The number of benzene rings is 2. The minimum absolute atomic E-state index is 0.0757. The summed E-state index contributed by atoms with van der Waals surface area (Å²) >= 11 is 0. The third kappa shape index (κ3) is 4.03. The average molecular weight is 395 g/mol. The number of aliphatic hydroxyl groups excluding tert-OH is 1. The zero-order valence-corrected chi connectivity index (χ0v) is 15.9. The molecule has 0 saturated carbocycles. The maximum atomic E-state index is 14.9. The van der Waals surface area contributed by atoms with Crippen molar-refractivity contribution in [3.63, 3.8) is 0 Å². The van der Waals surface area contributed by atoms with Crippen LogP contribution in [-0.4, -0.2) is 45.5 Å². The molecule has 2 unspecified atom stereocenters. The van der Waals surface area contributed by atoms with Crippen molar-refractivity contribution in [2.24, 2.45) is 0 Å². The molecule has 3 N–H and O–H groups in total. The second-order valence-electron chi connectivity index (χ2n) is 7.11. The van der Waals surface area contributed by atoms with Crippen molar-refractivity contribution in [2.45, 2.75) is 31.3 Å². The van der Waals surface area contributed by atoms with Gasteiger partial charge in [-0.3, -0.25) is 10.1 Å². The molecule has 2 heterocycles. The summed E-state index contributed by atoms with van der Waals surface area (Å²) in [5.41, 5.74) is 2.46. The van der Waals surface area contributed by atoms with Gasteiger partial charge in [-0.15, -0.1) is 10.2 Å². The summed E-state index contributed by atoms with van der Waals surface area (Å²) in [6.45, 7) is 0. The standard InChI is InChI=1S/C21H22FN5O2/c1-27-16-10-6-5-9-14(16)12-15(22)18(21(27)29)24-20(28)19-23-17(25-26-19)11-13-7-3-2-4-8-13/h2-10,15,18,20,24,28H,11-12H2,1H3,(H,23,25,26)/t15-,18?,20?/m0/s1. The summed E-state index contributed by atoms with van der Waals surface area (Å²) in [7, 11) is 1.60. The van der Waals surface area contributed by atoms with E-state index in [0.29, 0.717) is 17.9 Å². The van der Waals surface area contributed by atoms with Crippen LogP contribution in [0.1, 0.15) is 29.0 Å². The quantitative estimate of drug-likeness (QED) is 0.574. The number of hydrogen-bond donors (Lipinski definition) is 3. The van der Waals surface area contributed by atoms with E-state index in [1.807, 2.05) is 36.4 Å². The number of aromatic nitrogens is 3. The molecule has 150 valence electrons. The van der Waals surface area contributed by atoms with Crippen LogP contribution in [0.4, 0.5) is 10.1 Å². The monoisotopic (exact) mass is 395 g/mol. The number of anilines is 1. The summed E-state index contributed by atoms with van der Waals surface area (Å²) in [5.74, 6) is 0.256. The number of alkyl halides is 1. The fourth-order valence-electron chi connectivity index (χ4n) is 3.55. The predicted molar refractivity (Wildman–Crippen MR) is 106 cm³/mol. The molecule has 0 fully saturated rings. The lowest BCUT2D eigenvalue weighted by Crippen LogP contribution is -2.51. The van der Waals surface area contributed by atoms with Crippen molar-refractivity contribution in [1.29, 1.82) is 0 Å². The van der Waals surface area contributed by atoms with Crippen LogP contribution in [0, 0.1) is 0 Å². The van der Waals surface area contributed by atoms with E-state index >= 15 is 0 Å². The van der Waals surface area contributed by atoms with Crippen molar-refractivity contribution in [2.75, 3.05) is 11.9 Å². The van der Waals surface area contributed by atoms with E-state index in [0.717, 1.165) is 11.1 Å². The normalized spacial score (nSPS) is 20.2. The van der Waals surface area contributed by atoms with Gasteiger partial charge in [0.05, 0.1) is 0 Å². The third-order valence-corrected chi connectivity index (χ3v) is 5.09. The Bertz CT molecular complexity index is 994. The van der Waals surface area contributed by atoms with E-state index < -0.39 is 24.3 Å². The van der Waals surface area contributed by atoms with E-state index in [-0.39, 0.29) is 12.2 Å². The maximum absolute atomic E-state index is 14.9. The summed E-state index contributed by atoms with van der Waals surface area (Å²) < 4.78 is 14.9. The van der Waals surface area contributed by atoms with Crippen LogP contribution in [0.5, 0.6) is 0 Å². The van der Waals surface area contributed by atoms with Crippen LogP contribution >= 0.6 is 0 Å². The number of aromatic amines is 1. The summed E-state index contributed by atoms with van der Waals surface area (Å²) in [4.78, 5) is 17.2. The molecule has 0 radical (unpaired) electrons. The molecule has 3 aromatic rings. The number of hydrogen-bond acceptors (Lipinski definition) is 5. The Morgan fingerprint density at radius 2 is 1.93 bits per heavy atom. The molecule has 4 rings (SSSR count). The Morgan fingerprint density at radius 3 is 2.72 bits per heavy atom. The van der Waals surface area contributed by atoms with Crippen LogP contribution in [-0.2, 0) is 17.6 Å². The van der Waals surface area contributed by atoms with Crippen LogP contribution in [0.15, 0.2) is 54.6 Å². The van der Waals surface area contributed by atoms with Gasteiger partial charge in [-0.1, -0.05) is 48.5 Å². The number of amides is 1. The van der Waals surface area contributed by atoms with Crippen LogP contribution in [0.25, 0.3) is 0 Å². The summed E-state index contributed by atoms with van der Waals surface area (Å²) in [6, 6.07) is 15.7. The van der Waals surface area contributed by atoms with E-state index in [9.17, 15) is 14.3 Å². The van der Waals surface area contributed by atoms with Crippen molar-refractivity contribution in [3.8, 4) is 0 Å². The second-order valence-corrected chi connectivity index (χ2v) is 7.11. The smallest absolute Gasteiger partial charge is 0.246 e. The van der Waals surface area contributed by atoms with Gasteiger partial charge in [-0.05, 0) is 17.2 Å². The highest BCUT2D eigenvalue weighted by Gasteiger charge is 2.37. The Morgan fingerprint density at radius 1 is 1.21 bits per heavy atom. The number of H-pyrrole nitrogens is 1. The van der Waals surface area contributed by atoms with Crippen LogP contribution in [0.3, 0.4) is 0 Å². The van der Waals surface area contributed by atoms with Gasteiger partial charge in [0.15, 0.2) is 12.1 Å². The van der Waals surface area contributed by atoms with E-state index in [1.165, 1.54) is 4.90 Å². The molecule has 0 bridgehead atoms.